The summed E-state index contributed by atoms with van der Waals surface area (Å²) in [6, 6.07) is 7.40. The average Bonchev–Trinajstić information content (AvgIpc) is 2.43. The van der Waals surface area contributed by atoms with E-state index in [1.807, 2.05) is 6.92 Å². The molecule has 0 saturated carbocycles. The van der Waals surface area contributed by atoms with Gasteiger partial charge in [-0.05, 0) is 26.0 Å². The van der Waals surface area contributed by atoms with Gasteiger partial charge in [-0.2, -0.15) is 5.26 Å². The van der Waals surface area contributed by atoms with Crippen molar-refractivity contribution in [3.8, 4) is 6.07 Å². The Morgan fingerprint density at radius 1 is 1.61 bits per heavy atom. The Bertz CT molecular complexity index is 453. The first-order valence-electron chi connectivity index (χ1n) is 5.96. The van der Waals surface area contributed by atoms with Crippen molar-refractivity contribution in [3.63, 3.8) is 0 Å². The van der Waals surface area contributed by atoms with Crippen LogP contribution in [0, 0.1) is 17.2 Å². The third-order valence-electron chi connectivity index (χ3n) is 2.61. The van der Waals surface area contributed by atoms with Gasteiger partial charge in [0.25, 0.3) is 5.91 Å². The number of nitrogens with zero attached hydrogens (tertiary/aromatic N) is 3. The second-order valence-corrected chi connectivity index (χ2v) is 4.03. The van der Waals surface area contributed by atoms with Crippen molar-refractivity contribution >= 4 is 11.7 Å². The summed E-state index contributed by atoms with van der Waals surface area (Å²) >= 11 is 0. The predicted molar refractivity (Wildman–Crippen MR) is 70.1 cm³/mol. The molecule has 96 valence electrons. The summed E-state index contributed by atoms with van der Waals surface area (Å²) in [5, 5.41) is 11.7. The standard InChI is InChI=1S/C13H18N4O/c1-4-17(9-10(2)8-14)13(18)11-6-5-7-12(15-3)16-11/h5-7,10H,4,9H2,1-3H3,(H,15,16). The molecule has 1 aromatic rings. The van der Waals surface area contributed by atoms with Crippen molar-refractivity contribution in [2.45, 2.75) is 13.8 Å². The van der Waals surface area contributed by atoms with Crippen LogP contribution in [0.2, 0.25) is 0 Å². The van der Waals surface area contributed by atoms with Gasteiger partial charge in [-0.25, -0.2) is 4.98 Å². The number of aromatic nitrogens is 1. The van der Waals surface area contributed by atoms with E-state index in [2.05, 4.69) is 16.4 Å². The minimum Gasteiger partial charge on any atom is -0.373 e. The molecule has 0 saturated heterocycles. The van der Waals surface area contributed by atoms with Crippen molar-refractivity contribution in [2.24, 2.45) is 5.92 Å². The smallest absolute Gasteiger partial charge is 0.272 e. The van der Waals surface area contributed by atoms with Crippen LogP contribution in [0.25, 0.3) is 0 Å². The van der Waals surface area contributed by atoms with Gasteiger partial charge in [-0.15, -0.1) is 0 Å². The molecule has 0 fully saturated rings. The number of amides is 1. The quantitative estimate of drug-likeness (QED) is 0.859. The summed E-state index contributed by atoms with van der Waals surface area (Å²) in [5.41, 5.74) is 0.397. The van der Waals surface area contributed by atoms with Crippen molar-refractivity contribution < 1.29 is 4.79 Å². The number of nitriles is 1. The first-order chi connectivity index (χ1) is 8.62. The van der Waals surface area contributed by atoms with E-state index in [0.717, 1.165) is 0 Å². The highest BCUT2D eigenvalue weighted by molar-refractivity contribution is 5.92. The largest absolute Gasteiger partial charge is 0.373 e. The monoisotopic (exact) mass is 246 g/mol. The van der Waals surface area contributed by atoms with Crippen molar-refractivity contribution in [2.75, 3.05) is 25.5 Å². The Hall–Kier alpha value is -2.09. The van der Waals surface area contributed by atoms with Gasteiger partial charge in [-0.1, -0.05) is 6.07 Å². The summed E-state index contributed by atoms with van der Waals surface area (Å²) < 4.78 is 0. The van der Waals surface area contributed by atoms with Crippen LogP contribution in [0.5, 0.6) is 0 Å². The second kappa shape index (κ2) is 6.60. The molecule has 1 rings (SSSR count). The molecule has 0 aromatic carbocycles. The van der Waals surface area contributed by atoms with Gasteiger partial charge in [-0.3, -0.25) is 4.79 Å². The third kappa shape index (κ3) is 3.45. The zero-order valence-electron chi connectivity index (χ0n) is 11.0. The average molecular weight is 246 g/mol. The van der Waals surface area contributed by atoms with Crippen molar-refractivity contribution in [3.05, 3.63) is 23.9 Å². The summed E-state index contributed by atoms with van der Waals surface area (Å²) in [6.45, 7) is 4.69. The van der Waals surface area contributed by atoms with Gasteiger partial charge >= 0.3 is 0 Å². The Balaban J connectivity index is 2.86. The molecule has 0 aliphatic carbocycles. The Labute approximate surface area is 107 Å². The highest BCUT2D eigenvalue weighted by Gasteiger charge is 2.17. The van der Waals surface area contributed by atoms with Crippen LogP contribution >= 0.6 is 0 Å². The first kappa shape index (κ1) is 14.0. The maximum atomic E-state index is 12.2. The van der Waals surface area contributed by atoms with E-state index < -0.39 is 0 Å². The number of anilines is 1. The van der Waals surface area contributed by atoms with Gasteiger partial charge in [0.1, 0.15) is 11.5 Å². The van der Waals surface area contributed by atoms with E-state index in [0.29, 0.717) is 24.6 Å². The highest BCUT2D eigenvalue weighted by atomic mass is 16.2. The zero-order valence-corrected chi connectivity index (χ0v) is 11.0. The fraction of sp³-hybridized carbons (Fsp3) is 0.462. The molecule has 0 radical (unpaired) electrons. The van der Waals surface area contributed by atoms with Crippen LogP contribution in [0.4, 0.5) is 5.82 Å². The number of nitrogens with one attached hydrogen (secondary N) is 1. The van der Waals surface area contributed by atoms with Gasteiger partial charge in [0.05, 0.1) is 12.0 Å². The Morgan fingerprint density at radius 2 is 2.33 bits per heavy atom. The van der Waals surface area contributed by atoms with Crippen molar-refractivity contribution in [1.29, 1.82) is 5.26 Å². The van der Waals surface area contributed by atoms with Crippen LogP contribution in [-0.4, -0.2) is 35.9 Å². The second-order valence-electron chi connectivity index (χ2n) is 4.03. The topological polar surface area (TPSA) is 69.0 Å². The predicted octanol–water partition coefficient (Wildman–Crippen LogP) is 1.75. The van der Waals surface area contributed by atoms with Gasteiger partial charge in [0, 0.05) is 20.1 Å². The molecule has 5 heteroatoms. The van der Waals surface area contributed by atoms with E-state index in [1.165, 1.54) is 0 Å². The molecule has 1 N–H and O–H groups in total. The molecule has 0 aliphatic rings. The lowest BCUT2D eigenvalue weighted by atomic mass is 10.2. The molecule has 18 heavy (non-hydrogen) atoms. The fourth-order valence-electron chi connectivity index (χ4n) is 1.58. The molecule has 1 aromatic heterocycles. The SMILES string of the molecule is CCN(CC(C)C#N)C(=O)c1cccc(NC)n1. The molecule has 0 aliphatic heterocycles. The number of carbonyl (C=O) groups excluding carboxylic acids is 1. The van der Waals surface area contributed by atoms with Gasteiger partial charge < -0.3 is 10.2 Å². The minimum atomic E-state index is -0.179. The summed E-state index contributed by atoms with van der Waals surface area (Å²) in [4.78, 5) is 18.1. The number of rotatable bonds is 5. The van der Waals surface area contributed by atoms with E-state index in [1.54, 1.807) is 37.1 Å². The van der Waals surface area contributed by atoms with Crippen molar-refractivity contribution in [1.82, 2.24) is 9.88 Å². The molecule has 0 bridgehead atoms. The minimum absolute atomic E-state index is 0.142. The summed E-state index contributed by atoms with van der Waals surface area (Å²) in [6.07, 6.45) is 0. The van der Waals surface area contributed by atoms with Gasteiger partial charge in [0.2, 0.25) is 0 Å². The number of carbonyl (C=O) groups is 1. The first-order valence-corrected chi connectivity index (χ1v) is 5.96. The number of hydrogen-bond acceptors (Lipinski definition) is 4. The lowest BCUT2D eigenvalue weighted by Crippen LogP contribution is -2.34. The summed E-state index contributed by atoms with van der Waals surface area (Å²) in [5.74, 6) is 0.336. The lowest BCUT2D eigenvalue weighted by molar-refractivity contribution is 0.0747. The van der Waals surface area contributed by atoms with Crippen LogP contribution in [0.1, 0.15) is 24.3 Å². The molecule has 0 spiro atoms. The maximum absolute atomic E-state index is 12.2. The zero-order chi connectivity index (χ0) is 13.5. The molecular formula is C13H18N4O. The van der Waals surface area contributed by atoms with Crippen LogP contribution < -0.4 is 5.32 Å². The van der Waals surface area contributed by atoms with E-state index in [9.17, 15) is 4.79 Å². The van der Waals surface area contributed by atoms with Crippen LogP contribution in [0.15, 0.2) is 18.2 Å². The van der Waals surface area contributed by atoms with Crippen LogP contribution in [-0.2, 0) is 0 Å². The Morgan fingerprint density at radius 3 is 2.89 bits per heavy atom. The molecule has 1 unspecified atom stereocenters. The maximum Gasteiger partial charge on any atom is 0.272 e. The molecule has 5 nitrogen and oxygen atoms in total. The Kier molecular flexibility index (Phi) is 5.12. The molecule has 1 atom stereocenters. The molecule has 1 heterocycles. The fourth-order valence-corrected chi connectivity index (χ4v) is 1.58. The molecule has 1 amide bonds. The highest BCUT2D eigenvalue weighted by Crippen LogP contribution is 2.08. The molecular weight excluding hydrogens is 228 g/mol. The lowest BCUT2D eigenvalue weighted by Gasteiger charge is -2.21. The van der Waals surface area contributed by atoms with Gasteiger partial charge in [0.15, 0.2) is 0 Å². The number of hydrogen-bond donors (Lipinski definition) is 1. The van der Waals surface area contributed by atoms with E-state index in [-0.39, 0.29) is 11.8 Å². The summed E-state index contributed by atoms with van der Waals surface area (Å²) in [7, 11) is 1.76. The van der Waals surface area contributed by atoms with E-state index in [4.69, 9.17) is 5.26 Å². The third-order valence-corrected chi connectivity index (χ3v) is 2.61. The number of pyridine rings is 1. The normalized spacial score (nSPS) is 11.4. The van der Waals surface area contributed by atoms with E-state index >= 15 is 0 Å². The van der Waals surface area contributed by atoms with Crippen LogP contribution in [0.3, 0.4) is 0 Å².